The third kappa shape index (κ3) is 2.03. The number of imidazole rings is 1. The van der Waals surface area contributed by atoms with Crippen molar-refractivity contribution >= 4 is 27.8 Å². The maximum atomic E-state index is 12.4. The highest BCUT2D eigenvalue weighted by Gasteiger charge is 2.11. The number of para-hydroxylation sites is 2. The second-order valence-electron chi connectivity index (χ2n) is 5.32. The van der Waals surface area contributed by atoms with E-state index in [9.17, 15) is 4.79 Å². The van der Waals surface area contributed by atoms with Gasteiger partial charge in [-0.2, -0.15) is 0 Å². The Hall–Kier alpha value is -3.08. The minimum absolute atomic E-state index is 0.197. The van der Waals surface area contributed by atoms with Gasteiger partial charge in [-0.25, -0.2) is 9.66 Å². The molecule has 22 heavy (non-hydrogen) atoms. The largest absolute Gasteiger partial charge is 0.350 e. The molecule has 2 heterocycles. The number of hydrogen-bond donors (Lipinski definition) is 2. The Morgan fingerprint density at radius 1 is 1.18 bits per heavy atom. The Balaban J connectivity index is 1.68. The van der Waals surface area contributed by atoms with Crippen molar-refractivity contribution < 1.29 is 4.79 Å². The number of aromatic nitrogens is 3. The summed E-state index contributed by atoms with van der Waals surface area (Å²) in [5.41, 5.74) is 7.19. The van der Waals surface area contributed by atoms with E-state index in [0.29, 0.717) is 5.69 Å². The average molecular weight is 290 g/mol. The quantitative estimate of drug-likeness (QED) is 0.595. The van der Waals surface area contributed by atoms with Gasteiger partial charge in [-0.05, 0) is 36.8 Å². The molecule has 0 saturated heterocycles. The maximum Gasteiger partial charge on any atom is 0.286 e. The second-order valence-corrected chi connectivity index (χ2v) is 5.32. The molecular weight excluding hydrogens is 276 g/mol. The molecule has 0 saturated carbocycles. The lowest BCUT2D eigenvalue weighted by Crippen LogP contribution is -2.22. The van der Waals surface area contributed by atoms with Gasteiger partial charge in [-0.1, -0.05) is 24.3 Å². The molecule has 5 heteroatoms. The molecule has 0 spiro atoms. The highest BCUT2D eigenvalue weighted by atomic mass is 16.2. The molecule has 0 radical (unpaired) electrons. The summed E-state index contributed by atoms with van der Waals surface area (Å²) in [6, 6.07) is 15.6. The Morgan fingerprint density at radius 3 is 2.95 bits per heavy atom. The standard InChI is InChI=1S/C17H14N4O/c1-11-6-7-12-9-15(19-14(12)8-11)17(22)20-21-10-18-13-4-2-3-5-16(13)21/h2-10,19H,1H3,(H,20,22). The highest BCUT2D eigenvalue weighted by Crippen LogP contribution is 2.17. The minimum Gasteiger partial charge on any atom is -0.350 e. The predicted octanol–water partition coefficient (Wildman–Crippen LogP) is 3.21. The third-order valence-electron chi connectivity index (χ3n) is 3.70. The number of rotatable bonds is 2. The fraction of sp³-hybridized carbons (Fsp3) is 0.0588. The molecule has 4 aromatic rings. The number of aromatic amines is 1. The van der Waals surface area contributed by atoms with Gasteiger partial charge in [0.05, 0.1) is 11.0 Å². The number of nitrogens with one attached hydrogen (secondary N) is 2. The zero-order valence-electron chi connectivity index (χ0n) is 12.0. The lowest BCUT2D eigenvalue weighted by atomic mass is 10.2. The van der Waals surface area contributed by atoms with Crippen LogP contribution in [-0.2, 0) is 0 Å². The molecule has 1 amide bonds. The van der Waals surface area contributed by atoms with E-state index >= 15 is 0 Å². The van der Waals surface area contributed by atoms with Gasteiger partial charge in [0.2, 0.25) is 0 Å². The molecule has 0 unspecified atom stereocenters. The van der Waals surface area contributed by atoms with Crippen molar-refractivity contribution in [3.05, 3.63) is 66.1 Å². The zero-order chi connectivity index (χ0) is 15.1. The summed E-state index contributed by atoms with van der Waals surface area (Å²) in [5, 5.41) is 1.02. The SMILES string of the molecule is Cc1ccc2cc(C(=O)Nn3cnc4ccccc43)[nH]c2c1. The van der Waals surface area contributed by atoms with E-state index in [2.05, 4.69) is 15.4 Å². The summed E-state index contributed by atoms with van der Waals surface area (Å²) in [6.07, 6.45) is 1.61. The van der Waals surface area contributed by atoms with Crippen molar-refractivity contribution in [2.75, 3.05) is 5.43 Å². The number of carbonyl (C=O) groups excluding carboxylic acids is 1. The molecule has 0 fully saturated rings. The fourth-order valence-electron chi connectivity index (χ4n) is 2.58. The molecular formula is C17H14N4O. The summed E-state index contributed by atoms with van der Waals surface area (Å²) < 4.78 is 1.63. The van der Waals surface area contributed by atoms with Crippen molar-refractivity contribution in [1.29, 1.82) is 0 Å². The van der Waals surface area contributed by atoms with Gasteiger partial charge < -0.3 is 4.98 Å². The molecule has 2 aromatic carbocycles. The van der Waals surface area contributed by atoms with Crippen molar-refractivity contribution in [2.45, 2.75) is 6.92 Å². The average Bonchev–Trinajstić information content (AvgIpc) is 3.11. The van der Waals surface area contributed by atoms with Gasteiger partial charge in [-0.3, -0.25) is 10.2 Å². The summed E-state index contributed by atoms with van der Waals surface area (Å²) in [6.45, 7) is 2.03. The molecule has 0 atom stereocenters. The van der Waals surface area contributed by atoms with Crippen LogP contribution in [0.2, 0.25) is 0 Å². The van der Waals surface area contributed by atoms with Crippen LogP contribution in [0.25, 0.3) is 21.9 Å². The molecule has 0 aliphatic carbocycles. The number of H-pyrrole nitrogens is 1. The first-order chi connectivity index (χ1) is 10.7. The number of carbonyl (C=O) groups is 1. The van der Waals surface area contributed by atoms with E-state index in [-0.39, 0.29) is 5.91 Å². The molecule has 2 aromatic heterocycles. The maximum absolute atomic E-state index is 12.4. The minimum atomic E-state index is -0.197. The van der Waals surface area contributed by atoms with E-state index < -0.39 is 0 Å². The Labute approximate surface area is 126 Å². The topological polar surface area (TPSA) is 62.7 Å². The van der Waals surface area contributed by atoms with E-state index in [1.165, 1.54) is 0 Å². The van der Waals surface area contributed by atoms with Gasteiger partial charge >= 0.3 is 0 Å². The number of amides is 1. The van der Waals surface area contributed by atoms with Gasteiger partial charge in [0.15, 0.2) is 0 Å². The number of nitrogens with zero attached hydrogens (tertiary/aromatic N) is 2. The predicted molar refractivity (Wildman–Crippen MR) is 86.5 cm³/mol. The van der Waals surface area contributed by atoms with Crippen LogP contribution >= 0.6 is 0 Å². The zero-order valence-corrected chi connectivity index (χ0v) is 12.0. The summed E-state index contributed by atoms with van der Waals surface area (Å²) in [7, 11) is 0. The molecule has 0 aliphatic heterocycles. The molecule has 4 rings (SSSR count). The first-order valence-electron chi connectivity index (χ1n) is 7.03. The summed E-state index contributed by atoms with van der Waals surface area (Å²) in [5.74, 6) is -0.197. The Bertz CT molecular complexity index is 996. The van der Waals surface area contributed by atoms with Crippen LogP contribution in [0.3, 0.4) is 0 Å². The Kier molecular flexibility index (Phi) is 2.72. The molecule has 0 aliphatic rings. The van der Waals surface area contributed by atoms with E-state index in [0.717, 1.165) is 27.5 Å². The van der Waals surface area contributed by atoms with Gasteiger partial charge in [0.1, 0.15) is 12.0 Å². The normalized spacial score (nSPS) is 11.1. The Morgan fingerprint density at radius 2 is 2.05 bits per heavy atom. The van der Waals surface area contributed by atoms with Crippen molar-refractivity contribution in [3.8, 4) is 0 Å². The molecule has 2 N–H and O–H groups in total. The van der Waals surface area contributed by atoms with Crippen LogP contribution in [-0.4, -0.2) is 20.6 Å². The number of benzene rings is 2. The first-order valence-corrected chi connectivity index (χ1v) is 7.03. The third-order valence-corrected chi connectivity index (χ3v) is 3.70. The summed E-state index contributed by atoms with van der Waals surface area (Å²) in [4.78, 5) is 19.8. The lowest BCUT2D eigenvalue weighted by Gasteiger charge is -2.05. The van der Waals surface area contributed by atoms with E-state index in [1.807, 2.05) is 55.5 Å². The number of fused-ring (bicyclic) bond motifs is 2. The molecule has 0 bridgehead atoms. The number of aryl methyl sites for hydroxylation is 1. The smallest absolute Gasteiger partial charge is 0.286 e. The highest BCUT2D eigenvalue weighted by molar-refractivity contribution is 6.03. The van der Waals surface area contributed by atoms with E-state index in [1.54, 1.807) is 11.0 Å². The van der Waals surface area contributed by atoms with Gasteiger partial charge in [0, 0.05) is 10.9 Å². The van der Waals surface area contributed by atoms with Gasteiger partial charge in [0.25, 0.3) is 5.91 Å². The number of hydrogen-bond acceptors (Lipinski definition) is 2. The van der Waals surface area contributed by atoms with Crippen LogP contribution < -0.4 is 5.43 Å². The van der Waals surface area contributed by atoms with Crippen molar-refractivity contribution in [2.24, 2.45) is 0 Å². The monoisotopic (exact) mass is 290 g/mol. The van der Waals surface area contributed by atoms with Gasteiger partial charge in [-0.15, -0.1) is 0 Å². The summed E-state index contributed by atoms with van der Waals surface area (Å²) >= 11 is 0. The van der Waals surface area contributed by atoms with Crippen LogP contribution in [0.1, 0.15) is 16.1 Å². The van der Waals surface area contributed by atoms with Crippen molar-refractivity contribution in [3.63, 3.8) is 0 Å². The molecule has 5 nitrogen and oxygen atoms in total. The molecule has 108 valence electrons. The van der Waals surface area contributed by atoms with Crippen LogP contribution in [0, 0.1) is 6.92 Å². The van der Waals surface area contributed by atoms with Crippen LogP contribution in [0.4, 0.5) is 0 Å². The first kappa shape index (κ1) is 12.6. The van der Waals surface area contributed by atoms with Crippen LogP contribution in [0.5, 0.6) is 0 Å². The van der Waals surface area contributed by atoms with Crippen LogP contribution in [0.15, 0.2) is 54.9 Å². The van der Waals surface area contributed by atoms with Crippen molar-refractivity contribution in [1.82, 2.24) is 14.6 Å². The lowest BCUT2D eigenvalue weighted by molar-refractivity contribution is 0.100. The van der Waals surface area contributed by atoms with E-state index in [4.69, 9.17) is 0 Å². The second kappa shape index (κ2) is 4.73. The fourth-order valence-corrected chi connectivity index (χ4v) is 2.58.